The van der Waals surface area contributed by atoms with Gasteiger partial charge in [0.2, 0.25) is 5.91 Å². The van der Waals surface area contributed by atoms with E-state index in [-0.39, 0.29) is 35.8 Å². The number of aliphatic hydroxyl groups excluding tert-OH is 1. The van der Waals surface area contributed by atoms with E-state index in [1.54, 1.807) is 18.7 Å². The lowest BCUT2D eigenvalue weighted by Crippen LogP contribution is -2.43. The Morgan fingerprint density at radius 3 is 2.26 bits per heavy atom. The third kappa shape index (κ3) is 7.03. The number of rotatable bonds is 4. The van der Waals surface area contributed by atoms with Gasteiger partial charge in [0.1, 0.15) is 9.84 Å². The molecule has 0 radical (unpaired) electrons. The van der Waals surface area contributed by atoms with Crippen molar-refractivity contribution in [3.8, 4) is 0 Å². The van der Waals surface area contributed by atoms with Crippen molar-refractivity contribution in [1.29, 1.82) is 0 Å². The summed E-state index contributed by atoms with van der Waals surface area (Å²) in [5.41, 5.74) is 1.17. The van der Waals surface area contributed by atoms with Crippen LogP contribution in [0.4, 0.5) is 0 Å². The smallest absolute Gasteiger partial charge is 0.300 e. The van der Waals surface area contributed by atoms with E-state index in [2.05, 4.69) is 15.7 Å². The van der Waals surface area contributed by atoms with E-state index in [1.807, 2.05) is 0 Å². The van der Waals surface area contributed by atoms with E-state index in [9.17, 15) is 23.1 Å². The SMILES string of the molecule is CC(=O)O.Cc1c(C(=O)N[C@H]2C[C@H](C(=O)NC3CCS(=O)(=O)CC3)C[C@@H]2O)cnn1C. The zero-order chi connectivity index (χ0) is 23.3. The van der Waals surface area contributed by atoms with Gasteiger partial charge in [-0.15, -0.1) is 0 Å². The Morgan fingerprint density at radius 2 is 1.74 bits per heavy atom. The van der Waals surface area contributed by atoms with Crippen LogP contribution < -0.4 is 10.6 Å². The molecule has 3 rings (SSSR count). The van der Waals surface area contributed by atoms with Crippen LogP contribution in [0.3, 0.4) is 0 Å². The summed E-state index contributed by atoms with van der Waals surface area (Å²) >= 11 is 0. The summed E-state index contributed by atoms with van der Waals surface area (Å²) < 4.78 is 24.6. The number of amides is 2. The molecule has 4 N–H and O–H groups in total. The molecule has 0 spiro atoms. The van der Waals surface area contributed by atoms with Crippen LogP contribution in [-0.4, -0.2) is 75.9 Å². The molecule has 0 bridgehead atoms. The number of aryl methyl sites for hydroxylation is 1. The summed E-state index contributed by atoms with van der Waals surface area (Å²) in [4.78, 5) is 33.9. The molecule has 11 nitrogen and oxygen atoms in total. The first-order valence-corrected chi connectivity index (χ1v) is 11.9. The predicted octanol–water partition coefficient (Wildman–Crippen LogP) is -0.618. The molecule has 174 valence electrons. The van der Waals surface area contributed by atoms with Crippen LogP contribution in [0.2, 0.25) is 0 Å². The summed E-state index contributed by atoms with van der Waals surface area (Å²) in [5, 5.41) is 27.4. The minimum Gasteiger partial charge on any atom is -0.481 e. The molecule has 1 saturated carbocycles. The molecule has 1 aliphatic carbocycles. The van der Waals surface area contributed by atoms with Gasteiger partial charge in [-0.2, -0.15) is 5.10 Å². The lowest BCUT2D eigenvalue weighted by Gasteiger charge is -2.24. The van der Waals surface area contributed by atoms with Gasteiger partial charge in [-0.05, 0) is 32.6 Å². The molecule has 3 atom stereocenters. The number of carboxylic acid groups (broad SMARTS) is 1. The maximum atomic E-state index is 12.5. The highest BCUT2D eigenvalue weighted by Gasteiger charge is 2.39. The van der Waals surface area contributed by atoms with E-state index >= 15 is 0 Å². The van der Waals surface area contributed by atoms with Crippen molar-refractivity contribution >= 4 is 27.6 Å². The molecule has 0 aromatic carbocycles. The van der Waals surface area contributed by atoms with Crippen molar-refractivity contribution in [2.24, 2.45) is 13.0 Å². The molecule has 0 unspecified atom stereocenters. The van der Waals surface area contributed by atoms with Crippen molar-refractivity contribution < 1.29 is 33.0 Å². The molecule has 12 heteroatoms. The maximum absolute atomic E-state index is 12.5. The Morgan fingerprint density at radius 1 is 1.16 bits per heavy atom. The molecule has 1 aliphatic heterocycles. The summed E-state index contributed by atoms with van der Waals surface area (Å²) in [6, 6.07) is -0.649. The summed E-state index contributed by atoms with van der Waals surface area (Å²) in [6.07, 6.45) is 2.14. The number of carboxylic acids is 1. The molecule has 31 heavy (non-hydrogen) atoms. The topological polar surface area (TPSA) is 168 Å². The second kappa shape index (κ2) is 10.2. The lowest BCUT2D eigenvalue weighted by atomic mass is 10.0. The first kappa shape index (κ1) is 24.8. The van der Waals surface area contributed by atoms with Gasteiger partial charge < -0.3 is 20.8 Å². The van der Waals surface area contributed by atoms with Crippen molar-refractivity contribution in [2.45, 2.75) is 57.7 Å². The van der Waals surface area contributed by atoms with Gasteiger partial charge in [-0.1, -0.05) is 0 Å². The molecule has 2 fully saturated rings. The van der Waals surface area contributed by atoms with E-state index in [0.717, 1.165) is 12.6 Å². The Bertz CT molecular complexity index is 910. The highest BCUT2D eigenvalue weighted by atomic mass is 32.2. The van der Waals surface area contributed by atoms with Gasteiger partial charge in [-0.25, -0.2) is 8.42 Å². The quantitative estimate of drug-likeness (QED) is 0.463. The molecular formula is C19H30N4O7S. The van der Waals surface area contributed by atoms with Crippen molar-refractivity contribution in [3.63, 3.8) is 0 Å². The van der Waals surface area contributed by atoms with Gasteiger partial charge in [0.25, 0.3) is 11.9 Å². The van der Waals surface area contributed by atoms with Crippen LogP contribution in [0.1, 0.15) is 48.7 Å². The van der Waals surface area contributed by atoms with Gasteiger partial charge in [0.15, 0.2) is 0 Å². The Hall–Kier alpha value is -2.47. The number of carbonyl (C=O) groups is 3. The third-order valence-corrected chi connectivity index (χ3v) is 7.31. The number of carbonyl (C=O) groups excluding carboxylic acids is 2. The van der Waals surface area contributed by atoms with E-state index in [0.29, 0.717) is 24.8 Å². The van der Waals surface area contributed by atoms with Crippen LogP contribution in [0, 0.1) is 12.8 Å². The number of hydrogen-bond acceptors (Lipinski definition) is 7. The fourth-order valence-corrected chi connectivity index (χ4v) is 5.20. The third-order valence-electron chi connectivity index (χ3n) is 5.60. The molecule has 1 saturated heterocycles. The average Bonchev–Trinajstić information content (AvgIpc) is 3.19. The number of sulfone groups is 1. The number of nitrogens with one attached hydrogen (secondary N) is 2. The Kier molecular flexibility index (Phi) is 8.18. The molecule has 1 aromatic rings. The summed E-state index contributed by atoms with van der Waals surface area (Å²) in [5.74, 6) is -1.56. The zero-order valence-electron chi connectivity index (χ0n) is 17.9. The highest BCUT2D eigenvalue weighted by molar-refractivity contribution is 7.91. The van der Waals surface area contributed by atoms with Crippen LogP contribution in [0.25, 0.3) is 0 Å². The van der Waals surface area contributed by atoms with E-state index in [4.69, 9.17) is 9.90 Å². The Labute approximate surface area is 181 Å². The number of aromatic nitrogens is 2. The normalized spacial score (nSPS) is 25.2. The largest absolute Gasteiger partial charge is 0.481 e. The predicted molar refractivity (Wildman–Crippen MR) is 111 cm³/mol. The number of nitrogens with zero attached hydrogens (tertiary/aromatic N) is 2. The minimum absolute atomic E-state index is 0.0916. The van der Waals surface area contributed by atoms with Crippen molar-refractivity contribution in [2.75, 3.05) is 11.5 Å². The van der Waals surface area contributed by atoms with Crippen molar-refractivity contribution in [3.05, 3.63) is 17.5 Å². The monoisotopic (exact) mass is 458 g/mol. The highest BCUT2D eigenvalue weighted by Crippen LogP contribution is 2.27. The van der Waals surface area contributed by atoms with Crippen LogP contribution >= 0.6 is 0 Å². The zero-order valence-corrected chi connectivity index (χ0v) is 18.7. The minimum atomic E-state index is -2.98. The van der Waals surface area contributed by atoms with Gasteiger partial charge >= 0.3 is 0 Å². The molecule has 2 heterocycles. The fraction of sp³-hybridized carbons (Fsp3) is 0.684. The average molecular weight is 459 g/mol. The lowest BCUT2D eigenvalue weighted by molar-refractivity contribution is -0.134. The van der Waals surface area contributed by atoms with Crippen LogP contribution in [0.15, 0.2) is 6.20 Å². The summed E-state index contributed by atoms with van der Waals surface area (Å²) in [6.45, 7) is 2.87. The first-order valence-electron chi connectivity index (χ1n) is 10.1. The van der Waals surface area contributed by atoms with E-state index in [1.165, 1.54) is 6.20 Å². The number of hydrogen-bond donors (Lipinski definition) is 4. The fourth-order valence-electron chi connectivity index (χ4n) is 3.71. The summed E-state index contributed by atoms with van der Waals surface area (Å²) in [7, 11) is -1.23. The first-order chi connectivity index (χ1) is 14.4. The Balaban J connectivity index is 0.000000785. The second-order valence-electron chi connectivity index (χ2n) is 8.04. The van der Waals surface area contributed by atoms with Gasteiger partial charge in [0, 0.05) is 31.6 Å². The standard InChI is InChI=1S/C17H26N4O5S.C2H4O2/c1-10-13(9-18-21(10)2)17(24)20-14-7-11(8-15(14)22)16(23)19-12-3-5-27(25,26)6-4-12;1-2(3)4/h9,11-12,14-15,22H,3-8H2,1-2H3,(H,19,23)(H,20,24);1H3,(H,3,4)/t11-,14-,15-;/m0./s1. The van der Waals surface area contributed by atoms with Crippen LogP contribution in [-0.2, 0) is 26.5 Å². The number of aliphatic carboxylic acids is 1. The van der Waals surface area contributed by atoms with Gasteiger partial charge in [0.05, 0.1) is 35.4 Å². The maximum Gasteiger partial charge on any atom is 0.300 e. The van der Waals surface area contributed by atoms with E-state index < -0.39 is 33.9 Å². The second-order valence-corrected chi connectivity index (χ2v) is 10.3. The molecule has 2 amide bonds. The van der Waals surface area contributed by atoms with Gasteiger partial charge in [-0.3, -0.25) is 19.1 Å². The number of aliphatic hydroxyl groups is 1. The molecular weight excluding hydrogens is 428 g/mol. The van der Waals surface area contributed by atoms with Crippen LogP contribution in [0.5, 0.6) is 0 Å². The van der Waals surface area contributed by atoms with Crippen molar-refractivity contribution in [1.82, 2.24) is 20.4 Å². The molecule has 2 aliphatic rings. The molecule has 1 aromatic heterocycles.